The molecular formula is C25H20ClN3O5S. The van der Waals surface area contributed by atoms with Crippen LogP contribution in [0.2, 0.25) is 5.02 Å². The summed E-state index contributed by atoms with van der Waals surface area (Å²) in [5.41, 5.74) is 2.15. The summed E-state index contributed by atoms with van der Waals surface area (Å²) in [5, 5.41) is 14.4. The Morgan fingerprint density at radius 3 is 2.54 bits per heavy atom. The SMILES string of the molecule is CCOc1cc(/C=C2\SC(=Nc3ccccc3)NC2=O)cc(Cl)c1OCc1ccc([N+](=O)[O-])cc1. The summed E-state index contributed by atoms with van der Waals surface area (Å²) >= 11 is 7.74. The highest BCUT2D eigenvalue weighted by Gasteiger charge is 2.24. The van der Waals surface area contributed by atoms with Crippen molar-refractivity contribution in [3.8, 4) is 11.5 Å². The van der Waals surface area contributed by atoms with Crippen LogP contribution in [0.15, 0.2) is 76.6 Å². The van der Waals surface area contributed by atoms with E-state index in [-0.39, 0.29) is 18.2 Å². The quantitative estimate of drug-likeness (QED) is 0.223. The number of aliphatic imine (C=N–C) groups is 1. The summed E-state index contributed by atoms with van der Waals surface area (Å²) in [4.78, 5) is 27.7. The molecule has 0 unspecified atom stereocenters. The molecule has 0 bridgehead atoms. The zero-order valence-corrected chi connectivity index (χ0v) is 20.1. The number of nitro groups is 1. The number of rotatable bonds is 8. The summed E-state index contributed by atoms with van der Waals surface area (Å²) in [7, 11) is 0. The molecule has 3 aromatic rings. The monoisotopic (exact) mass is 509 g/mol. The number of thioether (sulfide) groups is 1. The highest BCUT2D eigenvalue weighted by Crippen LogP contribution is 2.39. The Labute approximate surface area is 210 Å². The van der Waals surface area contributed by atoms with E-state index in [1.807, 2.05) is 37.3 Å². The molecule has 10 heteroatoms. The molecule has 178 valence electrons. The highest BCUT2D eigenvalue weighted by molar-refractivity contribution is 8.18. The van der Waals surface area contributed by atoms with Gasteiger partial charge in [0.2, 0.25) is 0 Å². The van der Waals surface area contributed by atoms with Gasteiger partial charge in [0.1, 0.15) is 6.61 Å². The van der Waals surface area contributed by atoms with Gasteiger partial charge in [0.05, 0.1) is 27.1 Å². The molecule has 1 heterocycles. The number of carbonyl (C=O) groups is 1. The largest absolute Gasteiger partial charge is 0.490 e. The van der Waals surface area contributed by atoms with Gasteiger partial charge >= 0.3 is 0 Å². The number of para-hydroxylation sites is 1. The van der Waals surface area contributed by atoms with E-state index in [1.165, 1.54) is 23.9 Å². The van der Waals surface area contributed by atoms with Crippen molar-refractivity contribution in [3.05, 3.63) is 97.9 Å². The third-order valence-corrected chi connectivity index (χ3v) is 5.99. The third kappa shape index (κ3) is 6.20. The van der Waals surface area contributed by atoms with Gasteiger partial charge in [-0.3, -0.25) is 14.9 Å². The van der Waals surface area contributed by atoms with Gasteiger partial charge in [-0.05, 0) is 72.3 Å². The normalized spacial score (nSPS) is 15.3. The molecular weight excluding hydrogens is 490 g/mol. The minimum atomic E-state index is -0.457. The lowest BCUT2D eigenvalue weighted by molar-refractivity contribution is -0.384. The topological polar surface area (TPSA) is 103 Å². The number of nitrogens with zero attached hydrogens (tertiary/aromatic N) is 2. The Morgan fingerprint density at radius 1 is 1.11 bits per heavy atom. The molecule has 0 aliphatic carbocycles. The zero-order valence-electron chi connectivity index (χ0n) is 18.6. The van der Waals surface area contributed by atoms with Crippen LogP contribution in [-0.2, 0) is 11.4 Å². The van der Waals surface area contributed by atoms with Crippen LogP contribution in [0, 0.1) is 10.1 Å². The van der Waals surface area contributed by atoms with Crippen LogP contribution in [0.25, 0.3) is 6.08 Å². The van der Waals surface area contributed by atoms with Crippen LogP contribution in [0.3, 0.4) is 0 Å². The second kappa shape index (κ2) is 11.1. The Morgan fingerprint density at radius 2 is 1.86 bits per heavy atom. The molecule has 0 radical (unpaired) electrons. The van der Waals surface area contributed by atoms with Crippen molar-refractivity contribution >= 4 is 51.9 Å². The number of nitrogens with one attached hydrogen (secondary N) is 1. The minimum Gasteiger partial charge on any atom is -0.490 e. The standard InChI is InChI=1S/C25H20ClN3O5S/c1-2-33-21-13-17(14-22-24(30)28-25(35-22)27-18-6-4-3-5-7-18)12-20(26)23(21)34-15-16-8-10-19(11-9-16)29(31)32/h3-14H,2,15H2,1H3,(H,27,28,30)/b22-14-. The van der Waals surface area contributed by atoms with Gasteiger partial charge in [-0.15, -0.1) is 0 Å². The van der Waals surface area contributed by atoms with E-state index in [9.17, 15) is 14.9 Å². The smallest absolute Gasteiger partial charge is 0.269 e. The summed E-state index contributed by atoms with van der Waals surface area (Å²) in [6.07, 6.45) is 1.71. The Bertz CT molecular complexity index is 1310. The van der Waals surface area contributed by atoms with Gasteiger partial charge in [-0.2, -0.15) is 0 Å². The van der Waals surface area contributed by atoms with E-state index in [1.54, 1.807) is 30.3 Å². The number of amidine groups is 1. The van der Waals surface area contributed by atoms with Crippen LogP contribution < -0.4 is 14.8 Å². The van der Waals surface area contributed by atoms with E-state index >= 15 is 0 Å². The van der Waals surface area contributed by atoms with Crippen LogP contribution in [0.1, 0.15) is 18.1 Å². The molecule has 35 heavy (non-hydrogen) atoms. The number of amides is 1. The first-order valence-corrected chi connectivity index (χ1v) is 11.8. The molecule has 1 fully saturated rings. The van der Waals surface area contributed by atoms with Crippen LogP contribution in [-0.4, -0.2) is 22.6 Å². The van der Waals surface area contributed by atoms with Gasteiger partial charge in [0, 0.05) is 12.1 Å². The molecule has 8 nitrogen and oxygen atoms in total. The van der Waals surface area contributed by atoms with Gasteiger partial charge in [-0.1, -0.05) is 29.8 Å². The number of halogens is 1. The van der Waals surface area contributed by atoms with Crippen molar-refractivity contribution in [2.24, 2.45) is 4.99 Å². The molecule has 0 saturated carbocycles. The lowest BCUT2D eigenvalue weighted by Gasteiger charge is -2.14. The number of non-ortho nitro benzene ring substituents is 1. The van der Waals surface area contributed by atoms with E-state index in [4.69, 9.17) is 21.1 Å². The van der Waals surface area contributed by atoms with Crippen LogP contribution in [0.4, 0.5) is 11.4 Å². The van der Waals surface area contributed by atoms with E-state index in [0.29, 0.717) is 38.8 Å². The number of nitro benzene ring substituents is 1. The second-order valence-electron chi connectivity index (χ2n) is 7.29. The lowest BCUT2D eigenvalue weighted by Crippen LogP contribution is -2.19. The molecule has 1 aliphatic rings. The van der Waals surface area contributed by atoms with E-state index in [2.05, 4.69) is 10.3 Å². The summed E-state index contributed by atoms with van der Waals surface area (Å²) in [6, 6.07) is 18.9. The van der Waals surface area contributed by atoms with Crippen molar-refractivity contribution in [1.29, 1.82) is 0 Å². The molecule has 1 aliphatic heterocycles. The first-order valence-electron chi connectivity index (χ1n) is 10.6. The van der Waals surface area contributed by atoms with Crippen LogP contribution >= 0.6 is 23.4 Å². The average molecular weight is 510 g/mol. The third-order valence-electron chi connectivity index (χ3n) is 4.80. The van der Waals surface area contributed by atoms with E-state index in [0.717, 1.165) is 11.3 Å². The Kier molecular flexibility index (Phi) is 7.69. The van der Waals surface area contributed by atoms with Gasteiger partial charge < -0.3 is 14.8 Å². The van der Waals surface area contributed by atoms with Gasteiger partial charge in [-0.25, -0.2) is 4.99 Å². The minimum absolute atomic E-state index is 0.00460. The highest BCUT2D eigenvalue weighted by atomic mass is 35.5. The second-order valence-corrected chi connectivity index (χ2v) is 8.73. The molecule has 1 saturated heterocycles. The molecule has 0 atom stereocenters. The molecule has 1 N–H and O–H groups in total. The number of ether oxygens (including phenoxy) is 2. The zero-order chi connectivity index (χ0) is 24.8. The maximum atomic E-state index is 12.5. The molecule has 0 aromatic heterocycles. The first kappa shape index (κ1) is 24.3. The summed E-state index contributed by atoms with van der Waals surface area (Å²) in [5.74, 6) is 0.525. The number of benzene rings is 3. The Balaban J connectivity index is 1.53. The van der Waals surface area contributed by atoms with Crippen LogP contribution in [0.5, 0.6) is 11.5 Å². The number of hydrogen-bond acceptors (Lipinski definition) is 7. The van der Waals surface area contributed by atoms with Gasteiger partial charge in [0.25, 0.3) is 11.6 Å². The van der Waals surface area contributed by atoms with Crippen molar-refractivity contribution < 1.29 is 19.2 Å². The number of carbonyl (C=O) groups excluding carboxylic acids is 1. The lowest BCUT2D eigenvalue weighted by atomic mass is 10.1. The van der Waals surface area contributed by atoms with E-state index < -0.39 is 4.92 Å². The summed E-state index contributed by atoms with van der Waals surface area (Å²) in [6.45, 7) is 2.37. The molecule has 0 spiro atoms. The van der Waals surface area contributed by atoms with Gasteiger partial charge in [0.15, 0.2) is 16.7 Å². The Hall–Kier alpha value is -3.82. The van der Waals surface area contributed by atoms with Crippen molar-refractivity contribution in [2.75, 3.05) is 6.61 Å². The molecule has 3 aromatic carbocycles. The fourth-order valence-electron chi connectivity index (χ4n) is 3.20. The summed E-state index contributed by atoms with van der Waals surface area (Å²) < 4.78 is 11.6. The number of hydrogen-bond donors (Lipinski definition) is 1. The fraction of sp³-hybridized carbons (Fsp3) is 0.120. The average Bonchev–Trinajstić information content (AvgIpc) is 3.18. The first-order chi connectivity index (χ1) is 16.9. The van der Waals surface area contributed by atoms with Crippen molar-refractivity contribution in [2.45, 2.75) is 13.5 Å². The fourth-order valence-corrected chi connectivity index (χ4v) is 4.31. The maximum absolute atomic E-state index is 12.5. The van der Waals surface area contributed by atoms with Crippen molar-refractivity contribution in [3.63, 3.8) is 0 Å². The predicted molar refractivity (Wildman–Crippen MR) is 137 cm³/mol. The predicted octanol–water partition coefficient (Wildman–Crippen LogP) is 6.12. The maximum Gasteiger partial charge on any atom is 0.269 e. The molecule has 4 rings (SSSR count). The van der Waals surface area contributed by atoms with Crippen molar-refractivity contribution in [1.82, 2.24) is 5.32 Å². The molecule has 1 amide bonds.